The van der Waals surface area contributed by atoms with E-state index >= 15 is 0 Å². The average Bonchev–Trinajstić information content (AvgIpc) is 3.16. The van der Waals surface area contributed by atoms with E-state index < -0.39 is 0 Å². The highest BCUT2D eigenvalue weighted by Gasteiger charge is 2.13. The van der Waals surface area contributed by atoms with Gasteiger partial charge in [0.15, 0.2) is 0 Å². The lowest BCUT2D eigenvalue weighted by Gasteiger charge is -2.16. The summed E-state index contributed by atoms with van der Waals surface area (Å²) >= 11 is 3.47. The lowest BCUT2D eigenvalue weighted by atomic mass is 10.1. The highest BCUT2D eigenvalue weighted by Crippen LogP contribution is 2.28. The molecule has 3 aromatic rings. The van der Waals surface area contributed by atoms with Crippen molar-refractivity contribution in [3.8, 4) is 11.4 Å². The van der Waals surface area contributed by atoms with Crippen molar-refractivity contribution in [3.05, 3.63) is 76.5 Å². The molecule has 0 aliphatic rings. The lowest BCUT2D eigenvalue weighted by molar-refractivity contribution is 0.0940. The van der Waals surface area contributed by atoms with Crippen LogP contribution in [0.5, 0.6) is 5.75 Å². The molecule has 0 aliphatic carbocycles. The highest BCUT2D eigenvalue weighted by molar-refractivity contribution is 9.10. The Morgan fingerprint density at radius 2 is 2.00 bits per heavy atom. The van der Waals surface area contributed by atoms with Gasteiger partial charge in [0.25, 0.3) is 5.91 Å². The molecule has 5 nitrogen and oxygen atoms in total. The largest absolute Gasteiger partial charge is 0.496 e. The fourth-order valence-electron chi connectivity index (χ4n) is 2.50. The Bertz CT molecular complexity index is 861. The highest BCUT2D eigenvalue weighted by atomic mass is 79.9. The van der Waals surface area contributed by atoms with Gasteiger partial charge in [-0.1, -0.05) is 6.07 Å². The first kappa shape index (κ1) is 17.2. The molecular formula is C19H18BrN3O2. The Labute approximate surface area is 154 Å². The number of benzene rings is 2. The topological polar surface area (TPSA) is 56.1 Å². The van der Waals surface area contributed by atoms with Gasteiger partial charge in [0.05, 0.1) is 23.3 Å². The number of hydrogen-bond donors (Lipinski definition) is 1. The van der Waals surface area contributed by atoms with Gasteiger partial charge in [-0.05, 0) is 70.9 Å². The summed E-state index contributed by atoms with van der Waals surface area (Å²) < 4.78 is 7.84. The van der Waals surface area contributed by atoms with Crippen LogP contribution >= 0.6 is 15.9 Å². The number of ether oxygens (including phenoxy) is 1. The number of carbonyl (C=O) groups is 1. The van der Waals surface area contributed by atoms with Crippen LogP contribution in [0, 0.1) is 0 Å². The first-order valence-corrected chi connectivity index (χ1v) is 8.62. The number of carbonyl (C=O) groups excluding carboxylic acids is 1. The van der Waals surface area contributed by atoms with E-state index in [4.69, 9.17) is 4.74 Å². The van der Waals surface area contributed by atoms with Crippen molar-refractivity contribution < 1.29 is 9.53 Å². The number of amides is 1. The van der Waals surface area contributed by atoms with Gasteiger partial charge in [-0.2, -0.15) is 5.10 Å². The Morgan fingerprint density at radius 1 is 1.24 bits per heavy atom. The Balaban J connectivity index is 1.70. The zero-order chi connectivity index (χ0) is 17.8. The van der Waals surface area contributed by atoms with Gasteiger partial charge in [0, 0.05) is 18.0 Å². The van der Waals surface area contributed by atoms with Crippen LogP contribution in [-0.2, 0) is 0 Å². The third-order valence-electron chi connectivity index (χ3n) is 3.92. The van der Waals surface area contributed by atoms with Gasteiger partial charge in [-0.25, -0.2) is 4.68 Å². The fourth-order valence-corrected chi connectivity index (χ4v) is 3.06. The molecule has 0 radical (unpaired) electrons. The number of aromatic nitrogens is 2. The van der Waals surface area contributed by atoms with E-state index in [2.05, 4.69) is 26.3 Å². The minimum absolute atomic E-state index is 0.119. The van der Waals surface area contributed by atoms with Gasteiger partial charge < -0.3 is 10.1 Å². The summed E-state index contributed by atoms with van der Waals surface area (Å²) in [6.07, 6.45) is 3.58. The number of methoxy groups -OCH3 is 1. The lowest BCUT2D eigenvalue weighted by Crippen LogP contribution is -2.26. The maximum Gasteiger partial charge on any atom is 0.251 e. The molecule has 1 aromatic heterocycles. The van der Waals surface area contributed by atoms with Crippen LogP contribution in [0.25, 0.3) is 5.69 Å². The van der Waals surface area contributed by atoms with E-state index in [1.807, 2.05) is 49.5 Å². The number of rotatable bonds is 5. The van der Waals surface area contributed by atoms with E-state index in [9.17, 15) is 4.79 Å². The van der Waals surface area contributed by atoms with E-state index in [-0.39, 0.29) is 11.9 Å². The minimum atomic E-state index is -0.125. The average molecular weight is 400 g/mol. The summed E-state index contributed by atoms with van der Waals surface area (Å²) in [5, 5.41) is 7.18. The summed E-state index contributed by atoms with van der Waals surface area (Å²) in [7, 11) is 1.62. The third kappa shape index (κ3) is 3.91. The van der Waals surface area contributed by atoms with Crippen molar-refractivity contribution in [1.82, 2.24) is 15.1 Å². The van der Waals surface area contributed by atoms with E-state index in [0.717, 1.165) is 21.5 Å². The van der Waals surface area contributed by atoms with Crippen molar-refractivity contribution in [2.24, 2.45) is 0 Å². The maximum atomic E-state index is 12.5. The van der Waals surface area contributed by atoms with Gasteiger partial charge in [0.1, 0.15) is 5.75 Å². The Hall–Kier alpha value is -2.60. The van der Waals surface area contributed by atoms with Crippen molar-refractivity contribution in [2.75, 3.05) is 7.11 Å². The monoisotopic (exact) mass is 399 g/mol. The first-order chi connectivity index (χ1) is 12.1. The van der Waals surface area contributed by atoms with Crippen LogP contribution in [0.2, 0.25) is 0 Å². The molecule has 0 fully saturated rings. The molecule has 6 heteroatoms. The predicted molar refractivity (Wildman–Crippen MR) is 100 cm³/mol. The van der Waals surface area contributed by atoms with Crippen molar-refractivity contribution >= 4 is 21.8 Å². The molecule has 0 bridgehead atoms. The van der Waals surface area contributed by atoms with Crippen molar-refractivity contribution in [2.45, 2.75) is 13.0 Å². The van der Waals surface area contributed by atoms with E-state index in [1.54, 1.807) is 30.1 Å². The van der Waals surface area contributed by atoms with E-state index in [1.165, 1.54) is 0 Å². The van der Waals surface area contributed by atoms with Gasteiger partial charge in [-0.3, -0.25) is 4.79 Å². The third-order valence-corrected chi connectivity index (χ3v) is 4.54. The number of hydrogen-bond acceptors (Lipinski definition) is 3. The van der Waals surface area contributed by atoms with Crippen LogP contribution in [0.15, 0.2) is 65.4 Å². The second-order valence-electron chi connectivity index (χ2n) is 5.59. The molecule has 3 rings (SSSR count). The number of halogens is 1. The fraction of sp³-hybridized carbons (Fsp3) is 0.158. The zero-order valence-electron chi connectivity index (χ0n) is 13.9. The quantitative estimate of drug-likeness (QED) is 0.701. The van der Waals surface area contributed by atoms with Crippen LogP contribution in [0.3, 0.4) is 0 Å². The second-order valence-corrected chi connectivity index (χ2v) is 6.44. The van der Waals surface area contributed by atoms with Crippen molar-refractivity contribution in [1.29, 1.82) is 0 Å². The van der Waals surface area contributed by atoms with Gasteiger partial charge >= 0.3 is 0 Å². The molecule has 1 heterocycles. The first-order valence-electron chi connectivity index (χ1n) is 7.83. The Morgan fingerprint density at radius 3 is 2.60 bits per heavy atom. The van der Waals surface area contributed by atoms with Gasteiger partial charge in [0.2, 0.25) is 0 Å². The van der Waals surface area contributed by atoms with Crippen molar-refractivity contribution in [3.63, 3.8) is 0 Å². The molecule has 0 saturated heterocycles. The predicted octanol–water partition coefficient (Wildman–Crippen LogP) is 4.13. The standard InChI is InChI=1S/C19H18BrN3O2/c1-13(15-6-9-18(25-2)17(20)12-15)22-19(24)14-4-7-16(8-5-14)23-11-3-10-21-23/h3-13H,1-2H3,(H,22,24)/t13-/m1/s1. The smallest absolute Gasteiger partial charge is 0.251 e. The molecular weight excluding hydrogens is 382 g/mol. The van der Waals surface area contributed by atoms with Crippen LogP contribution in [0.4, 0.5) is 0 Å². The molecule has 1 atom stereocenters. The Kier molecular flexibility index (Phi) is 5.19. The molecule has 128 valence electrons. The van der Waals surface area contributed by atoms with Crippen LogP contribution < -0.4 is 10.1 Å². The molecule has 1 N–H and O–H groups in total. The molecule has 0 spiro atoms. The summed E-state index contributed by atoms with van der Waals surface area (Å²) in [4.78, 5) is 12.5. The van der Waals surface area contributed by atoms with Crippen LogP contribution in [-0.4, -0.2) is 22.8 Å². The van der Waals surface area contributed by atoms with E-state index in [0.29, 0.717) is 5.56 Å². The normalized spacial score (nSPS) is 11.8. The van der Waals surface area contributed by atoms with Gasteiger partial charge in [-0.15, -0.1) is 0 Å². The maximum absolute atomic E-state index is 12.5. The summed E-state index contributed by atoms with van der Waals surface area (Å²) in [6.45, 7) is 1.95. The molecule has 0 saturated carbocycles. The number of nitrogens with zero attached hydrogens (tertiary/aromatic N) is 2. The number of nitrogens with one attached hydrogen (secondary N) is 1. The summed E-state index contributed by atoms with van der Waals surface area (Å²) in [5.41, 5.74) is 2.51. The molecule has 2 aromatic carbocycles. The second kappa shape index (κ2) is 7.53. The molecule has 0 aliphatic heterocycles. The van der Waals surface area contributed by atoms with Crippen LogP contribution in [0.1, 0.15) is 28.9 Å². The SMILES string of the molecule is COc1ccc([C@@H](C)NC(=O)c2ccc(-n3cccn3)cc2)cc1Br. The minimum Gasteiger partial charge on any atom is -0.496 e. The molecule has 1 amide bonds. The zero-order valence-corrected chi connectivity index (χ0v) is 15.5. The molecule has 0 unspecified atom stereocenters. The summed E-state index contributed by atoms with van der Waals surface area (Å²) in [5.74, 6) is 0.642. The summed E-state index contributed by atoms with van der Waals surface area (Å²) in [6, 6.07) is 14.8. The molecule has 25 heavy (non-hydrogen) atoms.